The number of hydrogen-bond acceptors (Lipinski definition) is 6. The number of rotatable bonds is 6. The van der Waals surface area contributed by atoms with Crippen molar-refractivity contribution in [1.29, 1.82) is 0 Å². The predicted octanol–water partition coefficient (Wildman–Crippen LogP) is 3.10. The molecule has 6 heteroatoms. The van der Waals surface area contributed by atoms with E-state index in [-0.39, 0.29) is 0 Å². The number of methoxy groups -OCH3 is 1. The van der Waals surface area contributed by atoms with E-state index in [1.807, 2.05) is 24.3 Å². The van der Waals surface area contributed by atoms with E-state index in [9.17, 15) is 0 Å². The molecule has 2 aromatic rings. The summed E-state index contributed by atoms with van der Waals surface area (Å²) in [6.45, 7) is 2.37. The first kappa shape index (κ1) is 16.3. The average molecular weight is 333 g/mol. The Bertz CT molecular complexity index is 632. The van der Waals surface area contributed by atoms with Gasteiger partial charge in [-0.15, -0.1) is 10.2 Å². The largest absolute Gasteiger partial charge is 0.496 e. The zero-order chi connectivity index (χ0) is 16.1. The highest BCUT2D eigenvalue weighted by Gasteiger charge is 2.18. The van der Waals surface area contributed by atoms with E-state index < -0.39 is 0 Å². The van der Waals surface area contributed by atoms with Crippen LogP contribution in [-0.4, -0.2) is 48.1 Å². The van der Waals surface area contributed by atoms with E-state index in [4.69, 9.17) is 9.15 Å². The normalized spacial score (nSPS) is 19.0. The summed E-state index contributed by atoms with van der Waals surface area (Å²) in [5.74, 6) is 3.24. The van der Waals surface area contributed by atoms with Gasteiger partial charge in [-0.3, -0.25) is 0 Å². The maximum atomic E-state index is 5.78. The van der Waals surface area contributed by atoms with Gasteiger partial charge in [0.2, 0.25) is 5.89 Å². The van der Waals surface area contributed by atoms with Gasteiger partial charge in [0.1, 0.15) is 5.75 Å². The first-order valence-electron chi connectivity index (χ1n) is 8.00. The third kappa shape index (κ3) is 4.48. The Balaban J connectivity index is 1.55. The van der Waals surface area contributed by atoms with Crippen LogP contribution in [0, 0.1) is 5.92 Å². The molecule has 3 rings (SSSR count). The number of para-hydroxylation sites is 1. The van der Waals surface area contributed by atoms with Crippen LogP contribution in [0.15, 0.2) is 33.9 Å². The molecule has 0 spiro atoms. The zero-order valence-corrected chi connectivity index (χ0v) is 14.5. The molecule has 0 radical (unpaired) electrons. The first-order chi connectivity index (χ1) is 11.2. The molecule has 0 bridgehead atoms. The molecule has 0 saturated carbocycles. The van der Waals surface area contributed by atoms with E-state index in [2.05, 4.69) is 22.1 Å². The maximum Gasteiger partial charge on any atom is 0.276 e. The van der Waals surface area contributed by atoms with E-state index in [0.717, 1.165) is 23.6 Å². The van der Waals surface area contributed by atoms with Crippen molar-refractivity contribution in [2.24, 2.45) is 5.92 Å². The molecule has 1 aromatic heterocycles. The minimum Gasteiger partial charge on any atom is -0.496 e. The lowest BCUT2D eigenvalue weighted by Crippen LogP contribution is -2.33. The van der Waals surface area contributed by atoms with Gasteiger partial charge in [-0.05, 0) is 38.4 Å². The van der Waals surface area contributed by atoms with E-state index >= 15 is 0 Å². The van der Waals surface area contributed by atoms with Gasteiger partial charge in [-0.25, -0.2) is 0 Å². The molecule has 2 heterocycles. The molecule has 0 amide bonds. The van der Waals surface area contributed by atoms with Gasteiger partial charge in [-0.1, -0.05) is 30.0 Å². The Morgan fingerprint density at radius 1 is 1.35 bits per heavy atom. The van der Waals surface area contributed by atoms with Crippen LogP contribution >= 0.6 is 11.8 Å². The van der Waals surface area contributed by atoms with E-state index in [1.54, 1.807) is 18.9 Å². The van der Waals surface area contributed by atoms with Crippen molar-refractivity contribution < 1.29 is 9.15 Å². The smallest absolute Gasteiger partial charge is 0.276 e. The SMILES string of the molecule is COc1ccccc1Cc1nnc(SCC2CCCN(C)C2)o1. The number of piperidine rings is 1. The van der Waals surface area contributed by atoms with Crippen LogP contribution in [0.5, 0.6) is 5.75 Å². The highest BCUT2D eigenvalue weighted by Crippen LogP contribution is 2.26. The molecule has 1 aliphatic rings. The Hall–Kier alpha value is -1.53. The second-order valence-corrected chi connectivity index (χ2v) is 7.00. The molecule has 23 heavy (non-hydrogen) atoms. The molecule has 124 valence electrons. The third-order valence-corrected chi connectivity index (χ3v) is 5.20. The van der Waals surface area contributed by atoms with Gasteiger partial charge in [0.05, 0.1) is 13.5 Å². The monoisotopic (exact) mass is 333 g/mol. The topological polar surface area (TPSA) is 51.4 Å². The number of nitrogens with zero attached hydrogens (tertiary/aromatic N) is 3. The Morgan fingerprint density at radius 3 is 3.04 bits per heavy atom. The van der Waals surface area contributed by atoms with Crippen molar-refractivity contribution in [3.8, 4) is 5.75 Å². The molecule has 0 aliphatic carbocycles. The van der Waals surface area contributed by atoms with E-state index in [0.29, 0.717) is 23.5 Å². The molecule has 0 N–H and O–H groups in total. The molecule has 5 nitrogen and oxygen atoms in total. The Labute approximate surface area is 141 Å². The molecular formula is C17H23N3O2S. The van der Waals surface area contributed by atoms with Crippen molar-refractivity contribution in [3.05, 3.63) is 35.7 Å². The fourth-order valence-electron chi connectivity index (χ4n) is 2.98. The summed E-state index contributed by atoms with van der Waals surface area (Å²) in [5, 5.41) is 8.99. The van der Waals surface area contributed by atoms with Crippen LogP contribution in [0.4, 0.5) is 0 Å². The fourth-order valence-corrected chi connectivity index (χ4v) is 3.88. The quantitative estimate of drug-likeness (QED) is 0.757. The number of likely N-dealkylation sites (tertiary alicyclic amines) is 1. The van der Waals surface area contributed by atoms with Gasteiger partial charge >= 0.3 is 0 Å². The molecular weight excluding hydrogens is 310 g/mol. The van der Waals surface area contributed by atoms with Gasteiger partial charge in [0, 0.05) is 17.9 Å². The molecule has 1 aromatic carbocycles. The number of ether oxygens (including phenoxy) is 1. The van der Waals surface area contributed by atoms with Crippen molar-refractivity contribution in [2.45, 2.75) is 24.5 Å². The lowest BCUT2D eigenvalue weighted by atomic mass is 10.0. The summed E-state index contributed by atoms with van der Waals surface area (Å²) in [4.78, 5) is 2.40. The molecule has 1 unspecified atom stereocenters. The minimum atomic E-state index is 0.601. The third-order valence-electron chi connectivity index (χ3n) is 4.15. The summed E-state index contributed by atoms with van der Waals surface area (Å²) in [6, 6.07) is 7.91. The number of aromatic nitrogens is 2. The van der Waals surface area contributed by atoms with Crippen LogP contribution in [0.3, 0.4) is 0 Å². The Kier molecular flexibility index (Phi) is 5.56. The van der Waals surface area contributed by atoms with Crippen molar-refractivity contribution >= 4 is 11.8 Å². The van der Waals surface area contributed by atoms with Crippen molar-refractivity contribution in [3.63, 3.8) is 0 Å². The van der Waals surface area contributed by atoms with Gasteiger partial charge < -0.3 is 14.1 Å². The number of hydrogen-bond donors (Lipinski definition) is 0. The Morgan fingerprint density at radius 2 is 2.22 bits per heavy atom. The lowest BCUT2D eigenvalue weighted by molar-refractivity contribution is 0.224. The summed E-state index contributed by atoms with van der Waals surface area (Å²) in [5.41, 5.74) is 1.06. The molecule has 1 atom stereocenters. The van der Waals surface area contributed by atoms with Crippen molar-refractivity contribution in [1.82, 2.24) is 15.1 Å². The first-order valence-corrected chi connectivity index (χ1v) is 8.99. The summed E-state index contributed by atoms with van der Waals surface area (Å²) >= 11 is 1.67. The number of thioether (sulfide) groups is 1. The van der Waals surface area contributed by atoms with Crippen LogP contribution in [0.25, 0.3) is 0 Å². The molecule has 1 aliphatic heterocycles. The van der Waals surface area contributed by atoms with Crippen LogP contribution in [0.1, 0.15) is 24.3 Å². The predicted molar refractivity (Wildman–Crippen MR) is 91.0 cm³/mol. The van der Waals surface area contributed by atoms with Crippen LogP contribution in [-0.2, 0) is 6.42 Å². The highest BCUT2D eigenvalue weighted by atomic mass is 32.2. The summed E-state index contributed by atoms with van der Waals surface area (Å²) < 4.78 is 11.1. The fraction of sp³-hybridized carbons (Fsp3) is 0.529. The minimum absolute atomic E-state index is 0.601. The second-order valence-electron chi connectivity index (χ2n) is 6.03. The van der Waals surface area contributed by atoms with Gasteiger partial charge in [0.25, 0.3) is 5.22 Å². The van der Waals surface area contributed by atoms with Gasteiger partial charge in [-0.2, -0.15) is 0 Å². The molecule has 1 saturated heterocycles. The second kappa shape index (κ2) is 7.84. The van der Waals surface area contributed by atoms with Crippen molar-refractivity contribution in [2.75, 3.05) is 33.0 Å². The summed E-state index contributed by atoms with van der Waals surface area (Å²) in [6.07, 6.45) is 3.17. The number of benzene rings is 1. The van der Waals surface area contributed by atoms with Crippen LogP contribution in [0.2, 0.25) is 0 Å². The maximum absolute atomic E-state index is 5.78. The van der Waals surface area contributed by atoms with Crippen LogP contribution < -0.4 is 4.74 Å². The zero-order valence-electron chi connectivity index (χ0n) is 13.7. The summed E-state index contributed by atoms with van der Waals surface area (Å²) in [7, 11) is 3.87. The average Bonchev–Trinajstić information content (AvgIpc) is 3.01. The van der Waals surface area contributed by atoms with Gasteiger partial charge in [0.15, 0.2) is 0 Å². The molecule has 1 fully saturated rings. The highest BCUT2D eigenvalue weighted by molar-refractivity contribution is 7.99. The van der Waals surface area contributed by atoms with E-state index in [1.165, 1.54) is 19.4 Å². The lowest BCUT2D eigenvalue weighted by Gasteiger charge is -2.28. The standard InChI is InChI=1S/C17H23N3O2S/c1-20-9-5-6-13(11-20)12-23-17-19-18-16(22-17)10-14-7-3-4-8-15(14)21-2/h3-4,7-8,13H,5-6,9-12H2,1-2H3.